The van der Waals surface area contributed by atoms with Crippen molar-refractivity contribution in [2.24, 2.45) is 0 Å². The van der Waals surface area contributed by atoms with Crippen LogP contribution in [0.5, 0.6) is 0 Å². The fourth-order valence-electron chi connectivity index (χ4n) is 7.39. The van der Waals surface area contributed by atoms with E-state index < -0.39 is 0 Å². The van der Waals surface area contributed by atoms with Gasteiger partial charge < -0.3 is 4.57 Å². The first-order chi connectivity index (χ1) is 23.3. The maximum Gasteiger partial charge on any atom is 0.0899 e. The van der Waals surface area contributed by atoms with Gasteiger partial charge >= 0.3 is 0 Å². The van der Waals surface area contributed by atoms with Crippen LogP contribution in [-0.4, -0.2) is 14.5 Å². The number of para-hydroxylation sites is 2. The molecule has 10 aromatic rings. The van der Waals surface area contributed by atoms with E-state index in [0.717, 1.165) is 39.1 Å². The molecule has 218 valence electrons. The van der Waals surface area contributed by atoms with Crippen LogP contribution in [-0.2, 0) is 0 Å². The van der Waals surface area contributed by atoms with E-state index in [2.05, 4.69) is 138 Å². The fraction of sp³-hybridized carbons (Fsp3) is 0. The number of fused-ring (bicyclic) bond motifs is 9. The highest BCUT2D eigenvalue weighted by atomic mass is 15.0. The van der Waals surface area contributed by atoms with Crippen molar-refractivity contribution < 1.29 is 0 Å². The van der Waals surface area contributed by atoms with Crippen molar-refractivity contribution in [3.8, 4) is 28.1 Å². The van der Waals surface area contributed by atoms with Gasteiger partial charge in [0.05, 0.1) is 34.0 Å². The lowest BCUT2D eigenvalue weighted by Crippen LogP contribution is -1.95. The largest absolute Gasteiger partial charge is 0.309 e. The average molecular weight is 598 g/mol. The third-order valence-electron chi connectivity index (χ3n) is 9.59. The highest BCUT2D eigenvalue weighted by molar-refractivity contribution is 6.28. The van der Waals surface area contributed by atoms with Gasteiger partial charge in [-0.3, -0.25) is 4.98 Å². The van der Waals surface area contributed by atoms with Gasteiger partial charge in [0, 0.05) is 22.0 Å². The topological polar surface area (TPSA) is 30.7 Å². The Morgan fingerprint density at radius 1 is 0.426 bits per heavy atom. The van der Waals surface area contributed by atoms with Gasteiger partial charge in [-0.05, 0) is 92.0 Å². The van der Waals surface area contributed by atoms with Gasteiger partial charge in [-0.25, -0.2) is 4.98 Å². The van der Waals surface area contributed by atoms with E-state index in [0.29, 0.717) is 0 Å². The zero-order valence-corrected chi connectivity index (χ0v) is 25.4. The Labute approximate surface area is 271 Å². The SMILES string of the molecule is c1ccc2cc(-c3cnc4ccccc4n3)c(-c3ccc(-n4c5ccc6ccccc6c5c5c6ccccc6ccc54)cc3)cc2c1. The molecule has 3 heteroatoms. The summed E-state index contributed by atoms with van der Waals surface area (Å²) in [5.74, 6) is 0. The van der Waals surface area contributed by atoms with Gasteiger partial charge in [-0.2, -0.15) is 0 Å². The van der Waals surface area contributed by atoms with Gasteiger partial charge in [0.15, 0.2) is 0 Å². The molecule has 0 aliphatic carbocycles. The molecular formula is C44H27N3. The Bertz CT molecular complexity index is 2750. The Hall–Kier alpha value is -6.32. The van der Waals surface area contributed by atoms with Crippen molar-refractivity contribution in [3.63, 3.8) is 0 Å². The minimum atomic E-state index is 0.870. The van der Waals surface area contributed by atoms with Crippen LogP contribution in [0.4, 0.5) is 0 Å². The molecule has 0 aliphatic rings. The summed E-state index contributed by atoms with van der Waals surface area (Å²) in [6.07, 6.45) is 1.90. The normalized spacial score (nSPS) is 11.8. The van der Waals surface area contributed by atoms with Gasteiger partial charge in [0.1, 0.15) is 0 Å². The molecule has 0 aliphatic heterocycles. The van der Waals surface area contributed by atoms with E-state index in [9.17, 15) is 0 Å². The van der Waals surface area contributed by atoms with Crippen LogP contribution in [0.15, 0.2) is 164 Å². The average Bonchev–Trinajstić information content (AvgIpc) is 3.49. The van der Waals surface area contributed by atoms with E-state index >= 15 is 0 Å². The Balaban J connectivity index is 1.20. The molecule has 3 nitrogen and oxygen atoms in total. The van der Waals surface area contributed by atoms with E-state index in [1.165, 1.54) is 54.1 Å². The summed E-state index contributed by atoms with van der Waals surface area (Å²) < 4.78 is 2.42. The summed E-state index contributed by atoms with van der Waals surface area (Å²) in [6.45, 7) is 0. The summed E-state index contributed by atoms with van der Waals surface area (Å²) >= 11 is 0. The molecule has 0 atom stereocenters. The van der Waals surface area contributed by atoms with Crippen molar-refractivity contribution in [2.45, 2.75) is 0 Å². The van der Waals surface area contributed by atoms with Gasteiger partial charge in [-0.15, -0.1) is 0 Å². The summed E-state index contributed by atoms with van der Waals surface area (Å²) in [7, 11) is 0. The van der Waals surface area contributed by atoms with Crippen LogP contribution in [0.3, 0.4) is 0 Å². The number of hydrogen-bond acceptors (Lipinski definition) is 2. The third-order valence-corrected chi connectivity index (χ3v) is 9.59. The standard InChI is InChI=1S/C44H27N3/c1-2-12-32-26-37(40-27-45-38-15-7-8-16-39(38)46-40)36(25-31(32)11-1)30-17-21-33(22-18-30)47-41-23-19-28-9-3-5-13-34(28)43(41)44-35-14-6-4-10-29(35)20-24-42(44)47/h1-27H. The zero-order chi connectivity index (χ0) is 30.9. The van der Waals surface area contributed by atoms with Crippen LogP contribution in [0.25, 0.3) is 93.2 Å². The van der Waals surface area contributed by atoms with Crippen LogP contribution >= 0.6 is 0 Å². The molecular weight excluding hydrogens is 571 g/mol. The molecule has 8 aromatic carbocycles. The van der Waals surface area contributed by atoms with Crippen LogP contribution in [0.2, 0.25) is 0 Å². The fourth-order valence-corrected chi connectivity index (χ4v) is 7.39. The number of aromatic nitrogens is 3. The number of benzene rings is 8. The first-order valence-corrected chi connectivity index (χ1v) is 16.0. The van der Waals surface area contributed by atoms with Crippen molar-refractivity contribution >= 4 is 65.2 Å². The quantitative estimate of drug-likeness (QED) is 0.203. The maximum atomic E-state index is 5.05. The highest BCUT2D eigenvalue weighted by Crippen LogP contribution is 2.41. The molecule has 47 heavy (non-hydrogen) atoms. The molecule has 0 spiro atoms. The number of rotatable bonds is 3. The smallest absolute Gasteiger partial charge is 0.0899 e. The van der Waals surface area contributed by atoms with Crippen molar-refractivity contribution in [3.05, 3.63) is 164 Å². The Kier molecular flexibility index (Phi) is 5.57. The highest BCUT2D eigenvalue weighted by Gasteiger charge is 2.18. The second-order valence-corrected chi connectivity index (χ2v) is 12.2. The number of nitrogens with zero attached hydrogens (tertiary/aromatic N) is 3. The molecule has 0 unspecified atom stereocenters. The lowest BCUT2D eigenvalue weighted by Gasteiger charge is -2.14. The monoisotopic (exact) mass is 597 g/mol. The van der Waals surface area contributed by atoms with Crippen molar-refractivity contribution in [1.29, 1.82) is 0 Å². The predicted octanol–water partition coefficient (Wildman–Crippen LogP) is 11.5. The Morgan fingerprint density at radius 3 is 1.60 bits per heavy atom. The van der Waals surface area contributed by atoms with E-state index in [-0.39, 0.29) is 0 Å². The molecule has 0 amide bonds. The summed E-state index contributed by atoms with van der Waals surface area (Å²) in [5, 5.41) is 10.0. The summed E-state index contributed by atoms with van der Waals surface area (Å²) in [4.78, 5) is 9.80. The molecule has 10 rings (SSSR count). The number of hydrogen-bond donors (Lipinski definition) is 0. The molecule has 0 bridgehead atoms. The molecule has 0 saturated carbocycles. The van der Waals surface area contributed by atoms with Crippen molar-refractivity contribution in [1.82, 2.24) is 14.5 Å². The molecule has 2 heterocycles. The summed E-state index contributed by atoms with van der Waals surface area (Å²) in [5.41, 5.74) is 9.56. The van der Waals surface area contributed by atoms with Crippen LogP contribution in [0.1, 0.15) is 0 Å². The van der Waals surface area contributed by atoms with Crippen molar-refractivity contribution in [2.75, 3.05) is 0 Å². The second-order valence-electron chi connectivity index (χ2n) is 12.2. The van der Waals surface area contributed by atoms with E-state index in [4.69, 9.17) is 9.97 Å². The van der Waals surface area contributed by atoms with E-state index in [1.54, 1.807) is 0 Å². The molecule has 2 aromatic heterocycles. The minimum Gasteiger partial charge on any atom is -0.309 e. The Morgan fingerprint density at radius 2 is 0.957 bits per heavy atom. The van der Waals surface area contributed by atoms with Gasteiger partial charge in [0.25, 0.3) is 0 Å². The molecule has 0 N–H and O–H groups in total. The van der Waals surface area contributed by atoms with Crippen LogP contribution in [0, 0.1) is 0 Å². The first kappa shape index (κ1) is 26.0. The van der Waals surface area contributed by atoms with Gasteiger partial charge in [0.2, 0.25) is 0 Å². The minimum absolute atomic E-state index is 0.870. The first-order valence-electron chi connectivity index (χ1n) is 16.0. The zero-order valence-electron chi connectivity index (χ0n) is 25.4. The summed E-state index contributed by atoms with van der Waals surface area (Å²) in [6, 6.07) is 56.6. The lowest BCUT2D eigenvalue weighted by atomic mass is 9.93. The van der Waals surface area contributed by atoms with Gasteiger partial charge in [-0.1, -0.05) is 109 Å². The second kappa shape index (κ2) is 10.1. The lowest BCUT2D eigenvalue weighted by molar-refractivity contribution is 1.18. The van der Waals surface area contributed by atoms with E-state index in [1.807, 2.05) is 30.5 Å². The predicted molar refractivity (Wildman–Crippen MR) is 197 cm³/mol. The third kappa shape index (κ3) is 4.00. The molecule has 0 radical (unpaired) electrons. The van der Waals surface area contributed by atoms with Crippen LogP contribution < -0.4 is 0 Å². The maximum absolute atomic E-state index is 5.05. The molecule has 0 saturated heterocycles. The molecule has 0 fully saturated rings.